The van der Waals surface area contributed by atoms with Gasteiger partial charge in [0.2, 0.25) is 0 Å². The monoisotopic (exact) mass is 830 g/mol. The van der Waals surface area contributed by atoms with Crippen LogP contribution in [-0.2, 0) is 22.7 Å². The van der Waals surface area contributed by atoms with Crippen molar-refractivity contribution >= 4 is 0 Å². The van der Waals surface area contributed by atoms with Gasteiger partial charge < -0.3 is 0 Å². The van der Waals surface area contributed by atoms with Gasteiger partial charge in [0.05, 0.1) is 17.1 Å². The molecule has 322 valence electrons. The number of unbranched alkanes of at least 4 members (excludes halogenated alkanes) is 5. The van der Waals surface area contributed by atoms with E-state index in [1.54, 1.807) is 0 Å². The van der Waals surface area contributed by atoms with Gasteiger partial charge in [0, 0.05) is 33.9 Å². The van der Waals surface area contributed by atoms with Crippen molar-refractivity contribution in [3.05, 3.63) is 173 Å². The van der Waals surface area contributed by atoms with Crippen molar-refractivity contribution < 1.29 is 0 Å². The van der Waals surface area contributed by atoms with Crippen LogP contribution < -0.4 is 0 Å². The molecule has 1 atom stereocenters. The van der Waals surface area contributed by atoms with Crippen LogP contribution in [-0.4, -0.2) is 15.0 Å². The fourth-order valence-electron chi connectivity index (χ4n) is 9.91. The minimum absolute atomic E-state index is 0.0644. The summed E-state index contributed by atoms with van der Waals surface area (Å²) >= 11 is 0. The topological polar surface area (TPSA) is 38.7 Å². The molecule has 0 amide bonds. The van der Waals surface area contributed by atoms with Crippen molar-refractivity contribution in [3.8, 4) is 56.3 Å². The van der Waals surface area contributed by atoms with E-state index in [4.69, 9.17) is 15.0 Å². The van der Waals surface area contributed by atoms with Gasteiger partial charge in [-0.3, -0.25) is 4.98 Å². The Morgan fingerprint density at radius 1 is 0.476 bits per heavy atom. The Bertz CT molecular complexity index is 2580. The second-order valence-electron chi connectivity index (χ2n) is 20.5. The van der Waals surface area contributed by atoms with E-state index in [0.717, 1.165) is 58.6 Å². The molecule has 63 heavy (non-hydrogen) atoms. The summed E-state index contributed by atoms with van der Waals surface area (Å²) in [6.45, 7) is 20.3. The lowest BCUT2D eigenvalue weighted by molar-refractivity contribution is 0.418. The van der Waals surface area contributed by atoms with Gasteiger partial charge in [-0.25, -0.2) is 9.97 Å². The summed E-state index contributed by atoms with van der Waals surface area (Å²) in [7, 11) is 0. The number of benzene rings is 5. The maximum absolute atomic E-state index is 5.20. The Hall–Kier alpha value is -5.67. The number of hydrogen-bond acceptors (Lipinski definition) is 3. The molecule has 1 aliphatic carbocycles. The van der Waals surface area contributed by atoms with Crippen molar-refractivity contribution in [1.82, 2.24) is 15.0 Å². The van der Waals surface area contributed by atoms with Gasteiger partial charge in [-0.15, -0.1) is 0 Å². The lowest BCUT2D eigenvalue weighted by Crippen LogP contribution is -2.26. The molecule has 3 nitrogen and oxygen atoms in total. The first kappa shape index (κ1) is 44.0. The Labute approximate surface area is 378 Å². The lowest BCUT2D eigenvalue weighted by atomic mass is 9.70. The van der Waals surface area contributed by atoms with Gasteiger partial charge in [-0.2, -0.15) is 0 Å². The van der Waals surface area contributed by atoms with Crippen LogP contribution in [0.15, 0.2) is 134 Å². The minimum atomic E-state index is -0.0644. The molecule has 7 aromatic rings. The van der Waals surface area contributed by atoms with Crippen molar-refractivity contribution in [3.63, 3.8) is 0 Å². The zero-order valence-corrected chi connectivity index (χ0v) is 39.4. The third-order valence-electron chi connectivity index (χ3n) is 13.5. The van der Waals surface area contributed by atoms with Crippen LogP contribution in [0.4, 0.5) is 0 Å². The Morgan fingerprint density at radius 3 is 1.62 bits per heavy atom. The highest BCUT2D eigenvalue weighted by molar-refractivity contribution is 5.84. The molecule has 0 aliphatic heterocycles. The summed E-state index contributed by atoms with van der Waals surface area (Å²) in [6, 6.07) is 47.6. The lowest BCUT2D eigenvalue weighted by Gasteiger charge is -2.33. The molecule has 0 radical (unpaired) electrons. The summed E-state index contributed by atoms with van der Waals surface area (Å²) in [6.07, 6.45) is 13.0. The van der Waals surface area contributed by atoms with Crippen LogP contribution in [0.5, 0.6) is 0 Å². The number of pyridine rings is 1. The SMILES string of the molecule is CCCCCCCCC1(CCc2cc(C)cc(C)c2)c2ccccc2-c2ccc(-c3ccc(-c4nc(-c5ccc(C(C)(C)C)cc5)cc(-c5ccc(C(C)(C)C)cc5)n4)cn3)cc21. The maximum Gasteiger partial charge on any atom is 0.161 e. The Morgan fingerprint density at radius 2 is 1.03 bits per heavy atom. The van der Waals surface area contributed by atoms with E-state index < -0.39 is 0 Å². The number of hydrogen-bond donors (Lipinski definition) is 0. The van der Waals surface area contributed by atoms with Gasteiger partial charge in [0.1, 0.15) is 0 Å². The van der Waals surface area contributed by atoms with Crippen LogP contribution in [0, 0.1) is 13.8 Å². The molecule has 2 aromatic heterocycles. The van der Waals surface area contributed by atoms with Crippen molar-refractivity contribution in [2.24, 2.45) is 0 Å². The molecular formula is C60H67N3. The van der Waals surface area contributed by atoms with Crippen LogP contribution in [0.2, 0.25) is 0 Å². The van der Waals surface area contributed by atoms with E-state index in [1.807, 2.05) is 6.20 Å². The number of rotatable bonds is 14. The first-order valence-electron chi connectivity index (χ1n) is 23.6. The summed E-state index contributed by atoms with van der Waals surface area (Å²) in [5.74, 6) is 0.676. The van der Waals surface area contributed by atoms with E-state index >= 15 is 0 Å². The van der Waals surface area contributed by atoms with Gasteiger partial charge >= 0.3 is 0 Å². The van der Waals surface area contributed by atoms with Crippen LogP contribution >= 0.6 is 0 Å². The van der Waals surface area contributed by atoms with Gasteiger partial charge in [-0.1, -0.05) is 201 Å². The maximum atomic E-state index is 5.20. The molecule has 0 bridgehead atoms. The second-order valence-corrected chi connectivity index (χ2v) is 20.5. The number of aryl methyl sites for hydroxylation is 3. The molecule has 8 rings (SSSR count). The zero-order chi connectivity index (χ0) is 44.4. The summed E-state index contributed by atoms with van der Waals surface area (Å²) in [4.78, 5) is 15.6. The van der Waals surface area contributed by atoms with Gasteiger partial charge in [0.15, 0.2) is 5.82 Å². The number of nitrogens with zero attached hydrogens (tertiary/aromatic N) is 3. The third-order valence-corrected chi connectivity index (χ3v) is 13.5. The van der Waals surface area contributed by atoms with Crippen molar-refractivity contribution in [2.75, 3.05) is 0 Å². The molecule has 0 saturated carbocycles. The van der Waals surface area contributed by atoms with E-state index in [-0.39, 0.29) is 16.2 Å². The van der Waals surface area contributed by atoms with Crippen molar-refractivity contribution in [1.29, 1.82) is 0 Å². The fourth-order valence-corrected chi connectivity index (χ4v) is 9.91. The largest absolute Gasteiger partial charge is 0.255 e. The highest BCUT2D eigenvalue weighted by Crippen LogP contribution is 2.54. The average molecular weight is 830 g/mol. The second kappa shape index (κ2) is 18.2. The molecule has 0 fully saturated rings. The molecule has 1 unspecified atom stereocenters. The number of aromatic nitrogens is 3. The van der Waals surface area contributed by atoms with Crippen LogP contribution in [0.1, 0.15) is 139 Å². The number of fused-ring (bicyclic) bond motifs is 3. The fraction of sp³-hybridized carbons (Fsp3) is 0.350. The van der Waals surface area contributed by atoms with Crippen molar-refractivity contribution in [2.45, 2.75) is 136 Å². The molecule has 1 aliphatic rings. The first-order chi connectivity index (χ1) is 30.2. The Kier molecular flexibility index (Phi) is 12.7. The normalized spacial score (nSPS) is 14.7. The summed E-state index contributed by atoms with van der Waals surface area (Å²) in [5, 5.41) is 0. The van der Waals surface area contributed by atoms with Crippen LogP contribution in [0.25, 0.3) is 56.3 Å². The summed E-state index contributed by atoms with van der Waals surface area (Å²) < 4.78 is 0. The zero-order valence-electron chi connectivity index (χ0n) is 39.4. The third kappa shape index (κ3) is 9.64. The minimum Gasteiger partial charge on any atom is -0.255 e. The quantitative estimate of drug-likeness (QED) is 0.103. The van der Waals surface area contributed by atoms with Crippen LogP contribution in [0.3, 0.4) is 0 Å². The molecule has 3 heteroatoms. The van der Waals surface area contributed by atoms with Gasteiger partial charge in [0.25, 0.3) is 0 Å². The van der Waals surface area contributed by atoms with E-state index in [1.165, 1.54) is 88.6 Å². The predicted octanol–water partition coefficient (Wildman–Crippen LogP) is 16.4. The molecule has 0 spiro atoms. The van der Waals surface area contributed by atoms with Gasteiger partial charge in [-0.05, 0) is 107 Å². The standard InChI is InChI=1S/C60H67N3/c1-10-11-12-13-14-17-33-60(34-32-43-36-41(2)35-42(3)37-43)52-19-16-15-18-50(52)51-30-24-46(38-53(51)60)54-31-25-47(40-61-54)57-62-55(44-20-26-48(27-21-44)58(4,5)6)39-56(63-57)45-22-28-49(29-23-45)59(7,8)9/h15-16,18-31,35-40H,10-14,17,32-34H2,1-9H3. The molecule has 5 aromatic carbocycles. The van der Waals surface area contributed by atoms with E-state index in [2.05, 4.69) is 190 Å². The molecule has 2 heterocycles. The predicted molar refractivity (Wildman–Crippen MR) is 267 cm³/mol. The molecule has 0 saturated heterocycles. The smallest absolute Gasteiger partial charge is 0.161 e. The molecule has 0 N–H and O–H groups in total. The average Bonchev–Trinajstić information content (AvgIpc) is 3.54. The Balaban J connectivity index is 1.16. The highest BCUT2D eigenvalue weighted by atomic mass is 14.9. The highest BCUT2D eigenvalue weighted by Gasteiger charge is 2.42. The summed E-state index contributed by atoms with van der Waals surface area (Å²) in [5.41, 5.74) is 19.5. The molecular weight excluding hydrogens is 763 g/mol. The van der Waals surface area contributed by atoms with E-state index in [9.17, 15) is 0 Å². The first-order valence-corrected chi connectivity index (χ1v) is 23.6. The van der Waals surface area contributed by atoms with E-state index in [0.29, 0.717) is 5.82 Å².